The smallest absolute Gasteiger partial charge is 0.414 e. The number of carbonyl (C=O) groups is 3. The summed E-state index contributed by atoms with van der Waals surface area (Å²) in [6.45, 7) is 8.03. The first-order valence-corrected chi connectivity index (χ1v) is 10.2. The average Bonchev–Trinajstić information content (AvgIpc) is 3.27. The minimum Gasteiger partial charge on any atom is -0.468 e. The van der Waals surface area contributed by atoms with Crippen molar-refractivity contribution in [1.29, 1.82) is 0 Å². The number of carbonyl (C=O) groups excluding carboxylic acids is 3. The third-order valence-corrected chi connectivity index (χ3v) is 5.34. The molecule has 0 fully saturated rings. The molecular weight excluding hydrogens is 392 g/mol. The minimum atomic E-state index is -0.806. The maximum atomic E-state index is 12.8. The monoisotopic (exact) mass is 416 g/mol. The van der Waals surface area contributed by atoms with Crippen LogP contribution < -0.4 is 15.4 Å². The highest BCUT2D eigenvalue weighted by atomic mass is 32.1. The molecule has 2 N–H and O–H groups in total. The second kappa shape index (κ2) is 8.24. The van der Waals surface area contributed by atoms with Crippen LogP contribution in [0.4, 0.5) is 10.5 Å². The number of benzene rings is 1. The summed E-state index contributed by atoms with van der Waals surface area (Å²) in [6, 6.07) is 6.87. The highest BCUT2D eigenvalue weighted by molar-refractivity contribution is 7.10. The summed E-state index contributed by atoms with van der Waals surface area (Å²) in [5.41, 5.74) is 1.51. The van der Waals surface area contributed by atoms with E-state index in [9.17, 15) is 14.4 Å². The van der Waals surface area contributed by atoms with Gasteiger partial charge in [0.05, 0.1) is 17.9 Å². The molecule has 154 valence electrons. The van der Waals surface area contributed by atoms with E-state index in [-0.39, 0.29) is 30.5 Å². The van der Waals surface area contributed by atoms with Crippen LogP contribution in [-0.4, -0.2) is 30.6 Å². The molecule has 1 unspecified atom stereocenters. The topological polar surface area (TPSA) is 93.7 Å². The predicted molar refractivity (Wildman–Crippen MR) is 111 cm³/mol. The summed E-state index contributed by atoms with van der Waals surface area (Å²) in [7, 11) is 0. The second-order valence-electron chi connectivity index (χ2n) is 7.75. The maximum Gasteiger partial charge on any atom is 0.414 e. The molecule has 1 aromatic heterocycles. The Kier molecular flexibility index (Phi) is 5.93. The Labute approximate surface area is 173 Å². The van der Waals surface area contributed by atoms with Gasteiger partial charge in [0.25, 0.3) is 5.91 Å². The largest absolute Gasteiger partial charge is 0.468 e. The highest BCUT2D eigenvalue weighted by Crippen LogP contribution is 2.38. The van der Waals surface area contributed by atoms with E-state index in [1.54, 1.807) is 36.6 Å². The van der Waals surface area contributed by atoms with Gasteiger partial charge >= 0.3 is 6.09 Å². The predicted octanol–water partition coefficient (Wildman–Crippen LogP) is 4.24. The number of Topliss-reactive ketones (excluding diaryl/α,β-unsaturated/α-hetero) is 1. The molecule has 29 heavy (non-hydrogen) atoms. The fraction of sp³-hybridized carbons (Fsp3) is 0.381. The number of hydrogen-bond acceptors (Lipinski definition) is 7. The van der Waals surface area contributed by atoms with Crippen molar-refractivity contribution in [3.8, 4) is 5.75 Å². The molecule has 8 heteroatoms. The molecule has 1 aliphatic heterocycles. The Balaban J connectivity index is 1.71. The van der Waals surface area contributed by atoms with Gasteiger partial charge in [0, 0.05) is 22.3 Å². The number of alkyl carbamates (subject to hydrolysis) is 1. The molecule has 2 heterocycles. The fourth-order valence-electron chi connectivity index (χ4n) is 2.86. The Morgan fingerprint density at radius 1 is 1.24 bits per heavy atom. The number of rotatable bonds is 5. The number of thiophene rings is 1. The lowest BCUT2D eigenvalue weighted by Crippen LogP contribution is -2.35. The summed E-state index contributed by atoms with van der Waals surface area (Å²) in [5.74, 6) is 0.0121. The number of fused-ring (bicyclic) bond motifs is 1. The molecule has 0 spiro atoms. The number of amides is 2. The van der Waals surface area contributed by atoms with Gasteiger partial charge < -0.3 is 14.8 Å². The van der Waals surface area contributed by atoms with Crippen molar-refractivity contribution >= 4 is 34.8 Å². The van der Waals surface area contributed by atoms with Crippen LogP contribution in [0, 0.1) is 5.41 Å². The third-order valence-electron chi connectivity index (χ3n) is 4.42. The lowest BCUT2D eigenvalue weighted by Gasteiger charge is -2.26. The van der Waals surface area contributed by atoms with Crippen molar-refractivity contribution in [2.45, 2.75) is 40.3 Å². The molecule has 3 rings (SSSR count). The van der Waals surface area contributed by atoms with E-state index in [0.717, 1.165) is 5.69 Å². The number of anilines is 1. The first-order valence-electron chi connectivity index (χ1n) is 9.34. The van der Waals surface area contributed by atoms with Crippen molar-refractivity contribution < 1.29 is 23.9 Å². The second-order valence-corrected chi connectivity index (χ2v) is 8.75. The van der Waals surface area contributed by atoms with Crippen molar-refractivity contribution in [2.75, 3.05) is 11.9 Å². The zero-order valence-electron chi connectivity index (χ0n) is 16.8. The normalized spacial score (nSPS) is 15.1. The SMILES string of the molecule is CCOC(=O)NC(=O)c1ccsc1CC(=O)c1ccc2c(c1)NC(C(C)(C)C)O2. The van der Waals surface area contributed by atoms with E-state index < -0.39 is 12.0 Å². The summed E-state index contributed by atoms with van der Waals surface area (Å²) < 4.78 is 10.6. The van der Waals surface area contributed by atoms with Crippen LogP contribution in [0.1, 0.15) is 53.3 Å². The van der Waals surface area contributed by atoms with Gasteiger partial charge in [-0.05, 0) is 36.6 Å². The molecule has 2 amide bonds. The molecule has 1 atom stereocenters. The van der Waals surface area contributed by atoms with Crippen LogP contribution in [0.2, 0.25) is 0 Å². The van der Waals surface area contributed by atoms with E-state index in [1.807, 2.05) is 0 Å². The molecule has 2 aromatic rings. The van der Waals surface area contributed by atoms with Gasteiger partial charge in [-0.25, -0.2) is 4.79 Å². The third kappa shape index (κ3) is 4.76. The van der Waals surface area contributed by atoms with E-state index in [2.05, 4.69) is 31.4 Å². The lowest BCUT2D eigenvalue weighted by molar-refractivity contribution is 0.0925. The average molecular weight is 416 g/mol. The van der Waals surface area contributed by atoms with Crippen LogP contribution in [0.25, 0.3) is 0 Å². The molecule has 0 radical (unpaired) electrons. The standard InChI is InChI=1S/C21H24N2O5S/c1-5-27-20(26)23-18(25)13-8-9-29-17(13)11-15(24)12-6-7-16-14(10-12)22-19(28-16)21(2,3)4/h6-10,19,22H,5,11H2,1-4H3,(H,23,25,26). The maximum absolute atomic E-state index is 12.8. The van der Waals surface area contributed by atoms with Gasteiger partial charge in [-0.1, -0.05) is 20.8 Å². The van der Waals surface area contributed by atoms with Gasteiger partial charge in [-0.2, -0.15) is 0 Å². The van der Waals surface area contributed by atoms with Crippen LogP contribution >= 0.6 is 11.3 Å². The van der Waals surface area contributed by atoms with Crippen LogP contribution in [-0.2, 0) is 11.2 Å². The molecule has 0 bridgehead atoms. The number of hydrogen-bond donors (Lipinski definition) is 2. The highest BCUT2D eigenvalue weighted by Gasteiger charge is 2.32. The Morgan fingerprint density at radius 2 is 2.00 bits per heavy atom. The summed E-state index contributed by atoms with van der Waals surface area (Å²) in [5, 5.41) is 7.18. The van der Waals surface area contributed by atoms with Crippen LogP contribution in [0.3, 0.4) is 0 Å². The summed E-state index contributed by atoms with van der Waals surface area (Å²) >= 11 is 1.30. The Morgan fingerprint density at radius 3 is 2.69 bits per heavy atom. The first kappa shape index (κ1) is 20.9. The van der Waals surface area contributed by atoms with Crippen molar-refractivity contribution in [1.82, 2.24) is 5.32 Å². The molecule has 1 aliphatic rings. The molecule has 0 saturated carbocycles. The molecule has 0 saturated heterocycles. The van der Waals surface area contributed by atoms with Crippen molar-refractivity contribution in [3.63, 3.8) is 0 Å². The molecular formula is C21H24N2O5S. The number of imide groups is 1. The Bertz CT molecular complexity index is 945. The van der Waals surface area contributed by atoms with Gasteiger partial charge in [-0.15, -0.1) is 11.3 Å². The van der Waals surface area contributed by atoms with Gasteiger partial charge in [-0.3, -0.25) is 14.9 Å². The van der Waals surface area contributed by atoms with E-state index >= 15 is 0 Å². The number of ether oxygens (including phenoxy) is 2. The van der Waals surface area contributed by atoms with Crippen LogP contribution in [0.5, 0.6) is 5.75 Å². The van der Waals surface area contributed by atoms with Crippen LogP contribution in [0.15, 0.2) is 29.6 Å². The van der Waals surface area contributed by atoms with Gasteiger partial charge in [0.2, 0.25) is 0 Å². The lowest BCUT2D eigenvalue weighted by atomic mass is 9.94. The first-order chi connectivity index (χ1) is 13.7. The molecule has 0 aliphatic carbocycles. The zero-order chi connectivity index (χ0) is 21.2. The van der Waals surface area contributed by atoms with Crippen molar-refractivity contribution in [2.24, 2.45) is 5.41 Å². The fourth-order valence-corrected chi connectivity index (χ4v) is 3.74. The molecule has 7 nitrogen and oxygen atoms in total. The van der Waals surface area contributed by atoms with E-state index in [0.29, 0.717) is 21.8 Å². The zero-order valence-corrected chi connectivity index (χ0v) is 17.6. The molecule has 1 aromatic carbocycles. The van der Waals surface area contributed by atoms with E-state index in [4.69, 9.17) is 9.47 Å². The van der Waals surface area contributed by atoms with Gasteiger partial charge in [0.15, 0.2) is 12.0 Å². The van der Waals surface area contributed by atoms with Gasteiger partial charge in [0.1, 0.15) is 5.75 Å². The number of nitrogens with one attached hydrogen (secondary N) is 2. The quantitative estimate of drug-likeness (QED) is 0.708. The number of ketones is 1. The van der Waals surface area contributed by atoms with Crippen molar-refractivity contribution in [3.05, 3.63) is 45.6 Å². The summed E-state index contributed by atoms with van der Waals surface area (Å²) in [4.78, 5) is 37.1. The Hall–Kier alpha value is -2.87. The van der Waals surface area contributed by atoms with E-state index in [1.165, 1.54) is 11.3 Å². The minimum absolute atomic E-state index is 0.0611. The summed E-state index contributed by atoms with van der Waals surface area (Å²) in [6.07, 6.45) is -0.914.